The Morgan fingerprint density at radius 3 is 2.36 bits per heavy atom. The van der Waals surface area contributed by atoms with Crippen LogP contribution in [0.3, 0.4) is 0 Å². The highest BCUT2D eigenvalue weighted by atomic mass is 35.5. The van der Waals surface area contributed by atoms with E-state index in [1.165, 1.54) is 37.2 Å². The summed E-state index contributed by atoms with van der Waals surface area (Å²) in [6.07, 6.45) is -1.86. The maximum atomic E-state index is 13.8. The quantitative estimate of drug-likeness (QED) is 0.209. The average molecular weight is 477 g/mol. The molecule has 3 aliphatic rings. The Balaban J connectivity index is 2.08. The Hall–Kier alpha value is -3.05. The fourth-order valence-corrected chi connectivity index (χ4v) is 5.94. The number of aliphatic hydroxyl groups is 3. The number of Topliss-reactive ketones (excluding diaryl/α,β-unsaturated/α-hetero) is 3. The number of nitrogens with two attached hydrogens (primary N) is 1. The van der Waals surface area contributed by atoms with E-state index in [1.807, 2.05) is 0 Å². The molecule has 1 saturated carbocycles. The number of benzene rings is 1. The number of hydrogen-bond acceptors (Lipinski definition) is 9. The Kier molecular flexibility index (Phi) is 4.89. The third-order valence-electron chi connectivity index (χ3n) is 6.87. The number of nitrogens with zero attached hydrogens (tertiary/aromatic N) is 1. The van der Waals surface area contributed by atoms with E-state index in [-0.39, 0.29) is 16.7 Å². The number of primary amides is 1. The maximum Gasteiger partial charge on any atom is 0.255 e. The second-order valence-electron chi connectivity index (χ2n) is 8.72. The van der Waals surface area contributed by atoms with Crippen LogP contribution < -0.4 is 5.73 Å². The lowest BCUT2D eigenvalue weighted by Crippen LogP contribution is -2.77. The SMILES string of the molecule is C=C1c2cccc(O)c2C(=O)C2(Cl)C(=O)C3(O)C(O)=C(C(N)=O)C(=O)C(N(C)C)C3C(O)C12. The van der Waals surface area contributed by atoms with Crippen LogP contribution in [-0.2, 0) is 14.4 Å². The summed E-state index contributed by atoms with van der Waals surface area (Å²) in [5.74, 6) is -10.1. The zero-order chi connectivity index (χ0) is 24.8. The molecule has 0 spiro atoms. The lowest BCUT2D eigenvalue weighted by molar-refractivity contribution is -0.176. The number of phenols is 1. The van der Waals surface area contributed by atoms with Gasteiger partial charge < -0.3 is 26.2 Å². The molecule has 33 heavy (non-hydrogen) atoms. The first-order valence-corrected chi connectivity index (χ1v) is 10.3. The van der Waals surface area contributed by atoms with Crippen LogP contribution in [0.5, 0.6) is 5.75 Å². The summed E-state index contributed by atoms with van der Waals surface area (Å²) in [6.45, 7) is 3.87. The third kappa shape index (κ3) is 2.54. The van der Waals surface area contributed by atoms with Crippen LogP contribution in [0.1, 0.15) is 15.9 Å². The number of carbonyl (C=O) groups is 4. The van der Waals surface area contributed by atoms with Crippen LogP contribution in [0.2, 0.25) is 0 Å². The number of aliphatic hydroxyl groups excluding tert-OH is 2. The van der Waals surface area contributed by atoms with E-state index >= 15 is 0 Å². The summed E-state index contributed by atoms with van der Waals surface area (Å²) in [5.41, 5.74) is 0.919. The molecule has 1 fully saturated rings. The molecule has 1 amide bonds. The van der Waals surface area contributed by atoms with Crippen LogP contribution in [0.25, 0.3) is 5.57 Å². The number of phenolic OH excluding ortho intramolecular Hbond substituents is 1. The first-order chi connectivity index (χ1) is 15.2. The highest BCUT2D eigenvalue weighted by Gasteiger charge is 2.75. The predicted octanol–water partition coefficient (Wildman–Crippen LogP) is -0.703. The van der Waals surface area contributed by atoms with Crippen molar-refractivity contribution in [1.29, 1.82) is 0 Å². The molecule has 0 saturated heterocycles. The topological polar surface area (TPSA) is 178 Å². The van der Waals surface area contributed by atoms with Crippen molar-refractivity contribution in [1.82, 2.24) is 4.90 Å². The molecule has 0 aromatic heterocycles. The standard InChI is InChI=1S/C22H21ClN2O8/c1-7-8-5-4-6-9(26)10(8)17(29)21(23)12(7)16(28)13-14(25(2)3)15(27)11(19(24)31)18(30)22(13,33)20(21)32/h4-6,12-14,16,26,28,30,33H,1H2,2-3H3,(H2,24,31). The average Bonchev–Trinajstić information content (AvgIpc) is 2.72. The maximum absolute atomic E-state index is 13.8. The van der Waals surface area contributed by atoms with Gasteiger partial charge in [0.2, 0.25) is 5.78 Å². The molecule has 0 radical (unpaired) electrons. The van der Waals surface area contributed by atoms with E-state index in [2.05, 4.69) is 6.58 Å². The van der Waals surface area contributed by atoms with Crippen molar-refractivity contribution in [3.05, 3.63) is 47.2 Å². The van der Waals surface area contributed by atoms with Crippen LogP contribution >= 0.6 is 11.6 Å². The second kappa shape index (κ2) is 6.97. The Morgan fingerprint density at radius 2 is 1.82 bits per heavy atom. The number of amides is 1. The van der Waals surface area contributed by atoms with Gasteiger partial charge in [-0.25, -0.2) is 0 Å². The first-order valence-electron chi connectivity index (χ1n) is 9.88. The van der Waals surface area contributed by atoms with Gasteiger partial charge in [-0.15, -0.1) is 11.6 Å². The van der Waals surface area contributed by atoms with E-state index in [1.54, 1.807) is 0 Å². The molecule has 11 heteroatoms. The number of aromatic hydroxyl groups is 1. The van der Waals surface area contributed by atoms with Gasteiger partial charge in [0.1, 0.15) is 17.1 Å². The summed E-state index contributed by atoms with van der Waals surface area (Å²) < 4.78 is 0. The summed E-state index contributed by atoms with van der Waals surface area (Å²) in [5, 5.41) is 44.0. The number of rotatable bonds is 2. The fourth-order valence-electron chi connectivity index (χ4n) is 5.44. The molecular formula is C22H21ClN2O8. The normalized spacial score (nSPS) is 35.9. The smallest absolute Gasteiger partial charge is 0.255 e. The summed E-state index contributed by atoms with van der Waals surface area (Å²) >= 11 is 6.59. The molecule has 6 atom stereocenters. The summed E-state index contributed by atoms with van der Waals surface area (Å²) in [4.78, 5) is 50.8. The van der Waals surface area contributed by atoms with Gasteiger partial charge in [0.05, 0.1) is 23.6 Å². The van der Waals surface area contributed by atoms with Gasteiger partial charge in [-0.3, -0.25) is 24.1 Å². The van der Waals surface area contributed by atoms with E-state index in [4.69, 9.17) is 17.3 Å². The fraction of sp³-hybridized carbons (Fsp3) is 0.364. The largest absolute Gasteiger partial charge is 0.508 e. The van der Waals surface area contributed by atoms with Gasteiger partial charge in [-0.2, -0.15) is 0 Å². The van der Waals surface area contributed by atoms with E-state index in [0.717, 1.165) is 0 Å². The number of carbonyl (C=O) groups excluding carboxylic acids is 4. The predicted molar refractivity (Wildman–Crippen MR) is 114 cm³/mol. The van der Waals surface area contributed by atoms with E-state index < -0.39 is 74.8 Å². The molecule has 0 bridgehead atoms. The highest BCUT2D eigenvalue weighted by molar-refractivity contribution is 6.53. The lowest BCUT2D eigenvalue weighted by Gasteiger charge is -2.56. The van der Waals surface area contributed by atoms with Crippen molar-refractivity contribution in [2.45, 2.75) is 22.6 Å². The first kappa shape index (κ1) is 23.1. The molecule has 0 aliphatic heterocycles. The van der Waals surface area contributed by atoms with Crippen LogP contribution in [0, 0.1) is 11.8 Å². The number of alkyl halides is 1. The lowest BCUT2D eigenvalue weighted by atomic mass is 9.52. The van der Waals surface area contributed by atoms with Gasteiger partial charge in [0, 0.05) is 5.92 Å². The van der Waals surface area contributed by atoms with Crippen molar-refractivity contribution in [3.63, 3.8) is 0 Å². The molecule has 174 valence electrons. The van der Waals surface area contributed by atoms with Gasteiger partial charge in [0.15, 0.2) is 22.0 Å². The minimum Gasteiger partial charge on any atom is -0.508 e. The summed E-state index contributed by atoms with van der Waals surface area (Å²) in [7, 11) is 2.80. The van der Waals surface area contributed by atoms with Crippen LogP contribution in [-0.4, -0.2) is 85.3 Å². The highest BCUT2D eigenvalue weighted by Crippen LogP contribution is 2.58. The molecule has 1 aromatic rings. The van der Waals surface area contributed by atoms with Crippen LogP contribution in [0.15, 0.2) is 36.1 Å². The van der Waals surface area contributed by atoms with Crippen molar-refractivity contribution < 1.29 is 39.6 Å². The number of ketones is 3. The molecule has 4 rings (SSSR count). The molecular weight excluding hydrogens is 456 g/mol. The van der Waals surface area contributed by atoms with Crippen molar-refractivity contribution in [2.24, 2.45) is 17.6 Å². The number of halogens is 1. The Morgan fingerprint density at radius 1 is 1.21 bits per heavy atom. The third-order valence-corrected chi connectivity index (χ3v) is 7.45. The monoisotopic (exact) mass is 476 g/mol. The Labute approximate surface area is 192 Å². The van der Waals surface area contributed by atoms with Crippen molar-refractivity contribution in [3.8, 4) is 5.75 Å². The van der Waals surface area contributed by atoms with Crippen molar-refractivity contribution in [2.75, 3.05) is 14.1 Å². The molecule has 10 nitrogen and oxygen atoms in total. The minimum atomic E-state index is -3.11. The van der Waals surface area contributed by atoms with E-state index in [0.29, 0.717) is 0 Å². The molecule has 3 aliphatic carbocycles. The molecule has 6 N–H and O–H groups in total. The molecule has 1 aromatic carbocycles. The number of fused-ring (bicyclic) bond motifs is 3. The van der Waals surface area contributed by atoms with Crippen LogP contribution in [0.4, 0.5) is 0 Å². The second-order valence-corrected chi connectivity index (χ2v) is 9.31. The van der Waals surface area contributed by atoms with Gasteiger partial charge in [-0.05, 0) is 31.3 Å². The van der Waals surface area contributed by atoms with E-state index in [9.17, 15) is 39.6 Å². The molecule has 0 heterocycles. The van der Waals surface area contributed by atoms with Gasteiger partial charge in [-0.1, -0.05) is 18.7 Å². The Bertz CT molecular complexity index is 1210. The number of hydrogen-bond donors (Lipinski definition) is 5. The number of likely N-dealkylation sites (N-methyl/N-ethyl adjacent to an activating group) is 1. The summed E-state index contributed by atoms with van der Waals surface area (Å²) in [6, 6.07) is 2.58. The zero-order valence-electron chi connectivity index (χ0n) is 17.6. The zero-order valence-corrected chi connectivity index (χ0v) is 18.3. The minimum absolute atomic E-state index is 0.0209. The van der Waals surface area contributed by atoms with Gasteiger partial charge >= 0.3 is 0 Å². The van der Waals surface area contributed by atoms with Gasteiger partial charge in [0.25, 0.3) is 5.91 Å². The molecule has 6 unspecified atom stereocenters. The van der Waals surface area contributed by atoms with Crippen molar-refractivity contribution >= 4 is 40.4 Å².